The van der Waals surface area contributed by atoms with Crippen molar-refractivity contribution in [2.45, 2.75) is 50.0 Å². The Morgan fingerprint density at radius 3 is 2.61 bits per heavy atom. The van der Waals surface area contributed by atoms with Crippen molar-refractivity contribution in [3.63, 3.8) is 0 Å². The third kappa shape index (κ3) is 4.22. The molecule has 0 bridgehead atoms. The van der Waals surface area contributed by atoms with Crippen LogP contribution < -0.4 is 10.2 Å². The number of hydrogen-bond acceptors (Lipinski definition) is 4. The molecule has 0 aromatic heterocycles. The van der Waals surface area contributed by atoms with Gasteiger partial charge in [-0.2, -0.15) is 4.31 Å². The lowest BCUT2D eigenvalue weighted by molar-refractivity contribution is -0.119. The molecule has 4 rings (SSSR count). The second-order valence-corrected chi connectivity index (χ2v) is 10.3. The number of carbonyl (C=O) groups excluding carboxylic acids is 2. The number of carbonyl (C=O) groups is 2. The highest BCUT2D eigenvalue weighted by Gasteiger charge is 2.32. The molecular formula is C23H27N3O4S. The van der Waals surface area contributed by atoms with Gasteiger partial charge < -0.3 is 10.2 Å². The Labute approximate surface area is 183 Å². The lowest BCUT2D eigenvalue weighted by Crippen LogP contribution is -2.45. The standard InChI is InChI=1S/C23H27N3O4S/c1-16-13-22(27)24-20-9-5-6-10-21(20)26(16)23(28)15-25(2)31(29,30)19-12-11-17-7-3-4-8-18(17)14-19/h5-6,9-12,14,16H,3-4,7-8,13,15H2,1-2H3,(H,24,27)/t16-/m1/s1. The summed E-state index contributed by atoms with van der Waals surface area (Å²) in [6, 6.07) is 11.9. The van der Waals surface area contributed by atoms with Crippen LogP contribution in [0.3, 0.4) is 0 Å². The van der Waals surface area contributed by atoms with Crippen LogP contribution in [0.4, 0.5) is 11.4 Å². The first-order valence-corrected chi connectivity index (χ1v) is 12.0. The quantitative estimate of drug-likeness (QED) is 0.790. The minimum absolute atomic E-state index is 0.141. The first-order chi connectivity index (χ1) is 14.8. The number of anilines is 2. The molecule has 8 heteroatoms. The Hall–Kier alpha value is -2.71. The van der Waals surface area contributed by atoms with Crippen LogP contribution in [0.1, 0.15) is 37.3 Å². The highest BCUT2D eigenvalue weighted by atomic mass is 32.2. The van der Waals surface area contributed by atoms with Crippen molar-refractivity contribution >= 4 is 33.2 Å². The number of sulfonamides is 1. The summed E-state index contributed by atoms with van der Waals surface area (Å²) in [6.45, 7) is 1.48. The fourth-order valence-corrected chi connectivity index (χ4v) is 5.54. The predicted octanol–water partition coefficient (Wildman–Crippen LogP) is 2.95. The summed E-state index contributed by atoms with van der Waals surface area (Å²) in [7, 11) is -2.40. The molecule has 1 heterocycles. The molecule has 1 aliphatic carbocycles. The molecule has 0 radical (unpaired) electrons. The largest absolute Gasteiger partial charge is 0.324 e. The second-order valence-electron chi connectivity index (χ2n) is 8.28. The summed E-state index contributed by atoms with van der Waals surface area (Å²) < 4.78 is 27.4. The molecule has 2 aromatic carbocycles. The van der Waals surface area contributed by atoms with Crippen molar-refractivity contribution < 1.29 is 18.0 Å². The lowest BCUT2D eigenvalue weighted by atomic mass is 9.92. The molecule has 2 aliphatic rings. The number of aryl methyl sites for hydroxylation is 2. The van der Waals surface area contributed by atoms with E-state index in [0.717, 1.165) is 35.6 Å². The third-order valence-electron chi connectivity index (χ3n) is 6.01. The van der Waals surface area contributed by atoms with E-state index in [4.69, 9.17) is 0 Å². The van der Waals surface area contributed by atoms with Gasteiger partial charge in [0.05, 0.1) is 22.8 Å². The van der Waals surface area contributed by atoms with Crippen LogP contribution in [0.2, 0.25) is 0 Å². The zero-order valence-electron chi connectivity index (χ0n) is 17.8. The molecule has 164 valence electrons. The first-order valence-electron chi connectivity index (χ1n) is 10.6. The molecule has 0 saturated carbocycles. The second kappa shape index (κ2) is 8.43. The van der Waals surface area contributed by atoms with Gasteiger partial charge in [-0.3, -0.25) is 9.59 Å². The van der Waals surface area contributed by atoms with Crippen molar-refractivity contribution in [1.29, 1.82) is 0 Å². The molecule has 1 N–H and O–H groups in total. The average molecular weight is 442 g/mol. The summed E-state index contributed by atoms with van der Waals surface area (Å²) in [5.41, 5.74) is 3.40. The fourth-order valence-electron chi connectivity index (χ4n) is 4.37. The number of likely N-dealkylation sites (N-methyl/N-ethyl adjacent to an activating group) is 1. The van der Waals surface area contributed by atoms with Gasteiger partial charge in [0.25, 0.3) is 0 Å². The van der Waals surface area contributed by atoms with Crippen LogP contribution in [0, 0.1) is 0 Å². The Morgan fingerprint density at radius 2 is 1.84 bits per heavy atom. The summed E-state index contributed by atoms with van der Waals surface area (Å²) in [6.07, 6.45) is 4.18. The Kier molecular flexibility index (Phi) is 5.85. The Balaban J connectivity index is 1.58. The molecular weight excluding hydrogens is 414 g/mol. The monoisotopic (exact) mass is 441 g/mol. The molecule has 31 heavy (non-hydrogen) atoms. The van der Waals surface area contributed by atoms with Gasteiger partial charge >= 0.3 is 0 Å². The maximum absolute atomic E-state index is 13.2. The van der Waals surface area contributed by atoms with Crippen LogP contribution in [-0.4, -0.2) is 44.2 Å². The topological polar surface area (TPSA) is 86.8 Å². The maximum atomic E-state index is 13.2. The van der Waals surface area contributed by atoms with E-state index in [9.17, 15) is 18.0 Å². The number of nitrogens with one attached hydrogen (secondary N) is 1. The third-order valence-corrected chi connectivity index (χ3v) is 7.81. The molecule has 2 aromatic rings. The number of nitrogens with zero attached hydrogens (tertiary/aromatic N) is 2. The summed E-state index contributed by atoms with van der Waals surface area (Å²) in [4.78, 5) is 27.1. The van der Waals surface area contributed by atoms with E-state index >= 15 is 0 Å². The van der Waals surface area contributed by atoms with E-state index < -0.39 is 16.1 Å². The van der Waals surface area contributed by atoms with Crippen LogP contribution in [0.15, 0.2) is 47.4 Å². The van der Waals surface area contributed by atoms with Crippen LogP contribution in [-0.2, 0) is 32.5 Å². The van der Waals surface area contributed by atoms with E-state index in [1.54, 1.807) is 43.3 Å². The minimum atomic E-state index is -3.82. The summed E-state index contributed by atoms with van der Waals surface area (Å²) in [5, 5.41) is 2.81. The van der Waals surface area contributed by atoms with E-state index in [0.29, 0.717) is 11.4 Å². The summed E-state index contributed by atoms with van der Waals surface area (Å²) >= 11 is 0. The highest BCUT2D eigenvalue weighted by molar-refractivity contribution is 7.89. The maximum Gasteiger partial charge on any atom is 0.243 e. The van der Waals surface area contributed by atoms with Crippen molar-refractivity contribution in [3.8, 4) is 0 Å². The molecule has 7 nitrogen and oxygen atoms in total. The minimum Gasteiger partial charge on any atom is -0.324 e. The number of amides is 2. The van der Waals surface area contributed by atoms with Crippen LogP contribution in [0.5, 0.6) is 0 Å². The van der Waals surface area contributed by atoms with Gasteiger partial charge in [-0.05, 0) is 68.0 Å². The number of fused-ring (bicyclic) bond motifs is 2. The molecule has 0 spiro atoms. The molecule has 0 fully saturated rings. The Morgan fingerprint density at radius 1 is 1.13 bits per heavy atom. The Bertz CT molecular complexity index is 1130. The number of para-hydroxylation sites is 2. The van der Waals surface area contributed by atoms with Gasteiger partial charge in [0.2, 0.25) is 21.8 Å². The zero-order valence-corrected chi connectivity index (χ0v) is 18.6. The summed E-state index contributed by atoms with van der Waals surface area (Å²) in [5.74, 6) is -0.550. The molecule has 0 saturated heterocycles. The average Bonchev–Trinajstić information content (AvgIpc) is 2.87. The molecule has 1 atom stereocenters. The van der Waals surface area contributed by atoms with Crippen molar-refractivity contribution in [3.05, 3.63) is 53.6 Å². The molecule has 2 amide bonds. The lowest BCUT2D eigenvalue weighted by Gasteiger charge is -2.29. The van der Waals surface area contributed by atoms with Crippen molar-refractivity contribution in [1.82, 2.24) is 4.31 Å². The van der Waals surface area contributed by atoms with Gasteiger partial charge in [-0.25, -0.2) is 8.42 Å². The van der Waals surface area contributed by atoms with E-state index in [2.05, 4.69) is 5.32 Å². The van der Waals surface area contributed by atoms with E-state index in [1.807, 2.05) is 6.07 Å². The van der Waals surface area contributed by atoms with Crippen molar-refractivity contribution in [2.75, 3.05) is 23.8 Å². The SMILES string of the molecule is C[C@@H]1CC(=O)Nc2ccccc2N1C(=O)CN(C)S(=O)(=O)c1ccc2c(c1)CCCC2. The zero-order chi connectivity index (χ0) is 22.2. The van der Waals surface area contributed by atoms with Gasteiger partial charge in [0.15, 0.2) is 0 Å². The normalized spacial score (nSPS) is 18.7. The number of rotatable bonds is 4. The fraction of sp³-hybridized carbons (Fsp3) is 0.391. The number of hydrogen-bond donors (Lipinski definition) is 1. The molecule has 1 aliphatic heterocycles. The molecule has 0 unspecified atom stereocenters. The van der Waals surface area contributed by atoms with Gasteiger partial charge in [0, 0.05) is 19.5 Å². The predicted molar refractivity (Wildman–Crippen MR) is 120 cm³/mol. The number of benzene rings is 2. The van der Waals surface area contributed by atoms with Crippen LogP contribution >= 0.6 is 0 Å². The van der Waals surface area contributed by atoms with Gasteiger partial charge in [-0.1, -0.05) is 18.2 Å². The van der Waals surface area contributed by atoms with Gasteiger partial charge in [0.1, 0.15) is 0 Å². The first kappa shape index (κ1) is 21.5. The van der Waals surface area contributed by atoms with Crippen LogP contribution in [0.25, 0.3) is 0 Å². The smallest absolute Gasteiger partial charge is 0.243 e. The van der Waals surface area contributed by atoms with Crippen molar-refractivity contribution in [2.24, 2.45) is 0 Å². The van der Waals surface area contributed by atoms with Gasteiger partial charge in [-0.15, -0.1) is 0 Å². The van der Waals surface area contributed by atoms with E-state index in [-0.39, 0.29) is 29.7 Å². The highest BCUT2D eigenvalue weighted by Crippen LogP contribution is 2.32. The van der Waals surface area contributed by atoms with E-state index in [1.165, 1.54) is 17.5 Å².